The maximum Gasteiger partial charge on any atom is 0.229 e. The normalized spacial score (nSPS) is 19.8. The second kappa shape index (κ2) is 5.22. The summed E-state index contributed by atoms with van der Waals surface area (Å²) < 4.78 is 0. The summed E-state index contributed by atoms with van der Waals surface area (Å²) in [5.74, 6) is 0.552. The number of carbonyl (C=O) groups excluding carboxylic acids is 1. The van der Waals surface area contributed by atoms with E-state index in [-0.39, 0.29) is 11.9 Å². The molecule has 4 heteroatoms. The first-order valence-electron chi connectivity index (χ1n) is 6.44. The van der Waals surface area contributed by atoms with Crippen molar-refractivity contribution in [2.45, 2.75) is 39.7 Å². The second-order valence-electron chi connectivity index (χ2n) is 5.49. The quantitative estimate of drug-likeness (QED) is 0.773. The molecule has 100 valence electrons. The van der Waals surface area contributed by atoms with Crippen LogP contribution in [0, 0.1) is 5.41 Å². The van der Waals surface area contributed by atoms with Gasteiger partial charge in [-0.1, -0.05) is 6.92 Å². The first kappa shape index (κ1) is 13.9. The highest BCUT2D eigenvalue weighted by Crippen LogP contribution is 2.37. The Balaban J connectivity index is 2.28. The zero-order valence-electron chi connectivity index (χ0n) is 11.2. The van der Waals surface area contributed by atoms with Crippen LogP contribution in [0.5, 0.6) is 0 Å². The molecule has 1 aliphatic rings. The molecule has 1 amide bonds. The zero-order valence-corrected chi connectivity index (χ0v) is 12.8. The minimum atomic E-state index is -0.470. The molecule has 0 spiro atoms. The van der Waals surface area contributed by atoms with Gasteiger partial charge in [0.15, 0.2) is 0 Å². The third-order valence-corrected chi connectivity index (χ3v) is 5.32. The number of hydrogen-bond donors (Lipinski definition) is 0. The van der Waals surface area contributed by atoms with E-state index < -0.39 is 5.41 Å². The van der Waals surface area contributed by atoms with Crippen LogP contribution in [0.4, 0.5) is 0 Å². The Labute approximate surface area is 118 Å². The van der Waals surface area contributed by atoms with Gasteiger partial charge in [-0.25, -0.2) is 0 Å². The number of amides is 1. The van der Waals surface area contributed by atoms with Crippen LogP contribution in [0.3, 0.4) is 0 Å². The van der Waals surface area contributed by atoms with Crippen LogP contribution < -0.4 is 0 Å². The molecule has 1 aliphatic heterocycles. The van der Waals surface area contributed by atoms with Crippen LogP contribution >= 0.6 is 22.9 Å². The van der Waals surface area contributed by atoms with E-state index in [9.17, 15) is 4.79 Å². The predicted octanol–water partition coefficient (Wildman–Crippen LogP) is 3.85. The van der Waals surface area contributed by atoms with Crippen LogP contribution in [0.2, 0.25) is 0 Å². The molecule has 0 N–H and O–H groups in total. The standard InChI is InChI=1S/C14H20ClNOS/c1-4-11-10-6-8-18-12(10)5-7-16(11)13(17)14(2,3)9-15/h6,8,11H,4-5,7,9H2,1-3H3. The third kappa shape index (κ3) is 2.30. The summed E-state index contributed by atoms with van der Waals surface area (Å²) in [6.07, 6.45) is 1.95. The van der Waals surface area contributed by atoms with E-state index in [0.717, 1.165) is 19.4 Å². The Bertz CT molecular complexity index is 441. The van der Waals surface area contributed by atoms with Crippen molar-refractivity contribution in [2.24, 2.45) is 5.41 Å². The van der Waals surface area contributed by atoms with Crippen molar-refractivity contribution in [3.05, 3.63) is 21.9 Å². The lowest BCUT2D eigenvalue weighted by atomic mass is 9.90. The fourth-order valence-electron chi connectivity index (χ4n) is 2.53. The third-order valence-electron chi connectivity index (χ3n) is 3.66. The summed E-state index contributed by atoms with van der Waals surface area (Å²) in [7, 11) is 0. The number of nitrogens with zero attached hydrogens (tertiary/aromatic N) is 1. The maximum absolute atomic E-state index is 12.6. The summed E-state index contributed by atoms with van der Waals surface area (Å²) in [6, 6.07) is 2.40. The smallest absolute Gasteiger partial charge is 0.229 e. The Morgan fingerprint density at radius 1 is 1.61 bits per heavy atom. The topological polar surface area (TPSA) is 20.3 Å². The number of carbonyl (C=O) groups is 1. The molecule has 1 unspecified atom stereocenters. The lowest BCUT2D eigenvalue weighted by molar-refractivity contribution is -0.142. The minimum absolute atomic E-state index is 0.182. The molecule has 2 nitrogen and oxygen atoms in total. The monoisotopic (exact) mass is 285 g/mol. The highest BCUT2D eigenvalue weighted by molar-refractivity contribution is 7.10. The van der Waals surface area contributed by atoms with Gasteiger partial charge in [0, 0.05) is 17.3 Å². The van der Waals surface area contributed by atoms with E-state index in [1.54, 1.807) is 0 Å². The number of alkyl halides is 1. The lowest BCUT2D eigenvalue weighted by Crippen LogP contribution is -2.46. The van der Waals surface area contributed by atoms with Gasteiger partial charge < -0.3 is 4.90 Å². The van der Waals surface area contributed by atoms with Gasteiger partial charge in [-0.3, -0.25) is 4.79 Å². The van der Waals surface area contributed by atoms with Gasteiger partial charge in [-0.15, -0.1) is 22.9 Å². The van der Waals surface area contributed by atoms with Crippen molar-refractivity contribution in [3.63, 3.8) is 0 Å². The molecule has 0 saturated carbocycles. The van der Waals surface area contributed by atoms with Crippen molar-refractivity contribution < 1.29 is 4.79 Å². The van der Waals surface area contributed by atoms with Crippen LogP contribution in [0.15, 0.2) is 11.4 Å². The summed E-state index contributed by atoms with van der Waals surface area (Å²) in [5.41, 5.74) is 0.871. The van der Waals surface area contributed by atoms with Gasteiger partial charge in [-0.05, 0) is 43.7 Å². The average molecular weight is 286 g/mol. The molecular formula is C14H20ClNOS. The van der Waals surface area contributed by atoms with Crippen molar-refractivity contribution in [1.82, 2.24) is 4.90 Å². The minimum Gasteiger partial charge on any atom is -0.335 e. The fraction of sp³-hybridized carbons (Fsp3) is 0.643. The van der Waals surface area contributed by atoms with E-state index in [2.05, 4.69) is 18.4 Å². The Morgan fingerprint density at radius 3 is 2.94 bits per heavy atom. The molecule has 0 aromatic carbocycles. The highest BCUT2D eigenvalue weighted by atomic mass is 35.5. The van der Waals surface area contributed by atoms with E-state index in [4.69, 9.17) is 11.6 Å². The molecule has 18 heavy (non-hydrogen) atoms. The molecule has 2 heterocycles. The number of rotatable bonds is 3. The number of thiophene rings is 1. The first-order chi connectivity index (χ1) is 8.51. The van der Waals surface area contributed by atoms with Gasteiger partial charge in [-0.2, -0.15) is 0 Å². The summed E-state index contributed by atoms with van der Waals surface area (Å²) in [4.78, 5) is 16.1. The van der Waals surface area contributed by atoms with Gasteiger partial charge in [0.05, 0.1) is 11.5 Å². The molecule has 0 radical (unpaired) electrons. The molecule has 0 fully saturated rings. The largest absolute Gasteiger partial charge is 0.335 e. The lowest BCUT2D eigenvalue weighted by Gasteiger charge is -2.39. The van der Waals surface area contributed by atoms with Crippen molar-refractivity contribution in [3.8, 4) is 0 Å². The Kier molecular flexibility index (Phi) is 4.02. The average Bonchev–Trinajstić information content (AvgIpc) is 2.84. The number of hydrogen-bond acceptors (Lipinski definition) is 2. The van der Waals surface area contributed by atoms with E-state index in [0.29, 0.717) is 5.88 Å². The van der Waals surface area contributed by atoms with E-state index in [1.807, 2.05) is 30.1 Å². The van der Waals surface area contributed by atoms with Crippen LogP contribution in [0.25, 0.3) is 0 Å². The van der Waals surface area contributed by atoms with Crippen molar-refractivity contribution in [2.75, 3.05) is 12.4 Å². The molecule has 2 rings (SSSR count). The van der Waals surface area contributed by atoms with Gasteiger partial charge in [0.25, 0.3) is 0 Å². The van der Waals surface area contributed by atoms with Crippen molar-refractivity contribution in [1.29, 1.82) is 0 Å². The molecule has 0 bridgehead atoms. The fourth-order valence-corrected chi connectivity index (χ4v) is 3.57. The van der Waals surface area contributed by atoms with Crippen molar-refractivity contribution >= 4 is 28.8 Å². The molecular weight excluding hydrogens is 266 g/mol. The SMILES string of the molecule is CCC1c2ccsc2CCN1C(=O)C(C)(C)CCl. The number of fused-ring (bicyclic) bond motifs is 1. The molecule has 0 aliphatic carbocycles. The van der Waals surface area contributed by atoms with Crippen LogP contribution in [-0.4, -0.2) is 23.2 Å². The summed E-state index contributed by atoms with van der Waals surface area (Å²) >= 11 is 7.74. The first-order valence-corrected chi connectivity index (χ1v) is 7.86. The predicted molar refractivity (Wildman–Crippen MR) is 77.3 cm³/mol. The Hall–Kier alpha value is -0.540. The van der Waals surface area contributed by atoms with E-state index >= 15 is 0 Å². The molecule has 1 aromatic heterocycles. The van der Waals surface area contributed by atoms with Crippen LogP contribution in [0.1, 0.15) is 43.7 Å². The van der Waals surface area contributed by atoms with Gasteiger partial charge in [0.1, 0.15) is 0 Å². The second-order valence-corrected chi connectivity index (χ2v) is 6.76. The van der Waals surface area contributed by atoms with Gasteiger partial charge >= 0.3 is 0 Å². The van der Waals surface area contributed by atoms with E-state index in [1.165, 1.54) is 10.4 Å². The van der Waals surface area contributed by atoms with Gasteiger partial charge in [0.2, 0.25) is 5.91 Å². The van der Waals surface area contributed by atoms with Crippen LogP contribution in [-0.2, 0) is 11.2 Å². The number of halogens is 1. The maximum atomic E-state index is 12.6. The molecule has 1 atom stereocenters. The summed E-state index contributed by atoms with van der Waals surface area (Å²) in [6.45, 7) is 6.83. The highest BCUT2D eigenvalue weighted by Gasteiger charge is 2.37. The Morgan fingerprint density at radius 2 is 2.33 bits per heavy atom. The summed E-state index contributed by atoms with van der Waals surface area (Å²) in [5, 5.41) is 2.13. The molecule has 1 aromatic rings. The molecule has 0 saturated heterocycles. The zero-order chi connectivity index (χ0) is 13.3.